The van der Waals surface area contributed by atoms with Gasteiger partial charge in [0.15, 0.2) is 0 Å². The van der Waals surface area contributed by atoms with Gasteiger partial charge in [0.1, 0.15) is 39.2 Å². The Morgan fingerprint density at radius 1 is 0.296 bits per heavy atom. The average Bonchev–Trinajstić information content (AvgIpc) is 3.85. The van der Waals surface area contributed by atoms with Crippen LogP contribution < -0.4 is 27.3 Å². The van der Waals surface area contributed by atoms with Crippen molar-refractivity contribution in [3.8, 4) is 17.1 Å². The van der Waals surface area contributed by atoms with Crippen molar-refractivity contribution in [2.75, 3.05) is 0 Å². The Bertz CT molecular complexity index is 3360. The van der Waals surface area contributed by atoms with E-state index in [2.05, 4.69) is 153 Å². The zero-order valence-electron chi connectivity index (χ0n) is 29.1. The van der Waals surface area contributed by atoms with Crippen LogP contribution in [0.2, 0.25) is 0 Å². The number of aromatic nitrogens is 3. The van der Waals surface area contributed by atoms with Crippen molar-refractivity contribution in [3.63, 3.8) is 0 Å². The molecule has 3 aromatic heterocycles. The summed E-state index contributed by atoms with van der Waals surface area (Å²) in [6, 6.07) is 51.6. The van der Waals surface area contributed by atoms with Crippen molar-refractivity contribution in [1.29, 1.82) is 0 Å². The minimum absolute atomic E-state index is 0.186. The summed E-state index contributed by atoms with van der Waals surface area (Å²) in [5.41, 5.74) is 10.2. The van der Waals surface area contributed by atoms with Crippen molar-refractivity contribution < 1.29 is 0 Å². The van der Waals surface area contributed by atoms with Crippen LogP contribution in [0.5, 0.6) is 0 Å². The predicted octanol–water partition coefficient (Wildman–Crippen LogP) is 6.10. The molecule has 11 rings (SSSR count). The van der Waals surface area contributed by atoms with Gasteiger partial charge in [-0.3, -0.25) is 0 Å². The maximum atomic E-state index is 6.79. The number of fused-ring (bicyclic) bond motifs is 12. The Hall–Kier alpha value is -6.26. The van der Waals surface area contributed by atoms with Crippen LogP contribution in [0.4, 0.5) is 0 Å². The van der Waals surface area contributed by atoms with E-state index in [1.165, 1.54) is 21.5 Å². The van der Waals surface area contributed by atoms with E-state index in [0.29, 0.717) is 5.69 Å². The highest BCUT2D eigenvalue weighted by Crippen LogP contribution is 2.45. The minimum Gasteiger partial charge on any atom is -0.310 e. The minimum atomic E-state index is 0.186. The Morgan fingerprint density at radius 3 is 1.31 bits per heavy atom. The number of hydrogen-bond acceptors (Lipinski definition) is 0. The Morgan fingerprint density at radius 2 is 0.722 bits per heavy atom. The van der Waals surface area contributed by atoms with E-state index in [9.17, 15) is 0 Å². The molecule has 0 unspecified atom stereocenters. The molecule has 0 fully saturated rings. The first-order chi connectivity index (χ1) is 26.4. The van der Waals surface area contributed by atoms with Gasteiger partial charge in [-0.05, 0) is 53.9 Å². The summed E-state index contributed by atoms with van der Waals surface area (Å²) < 4.78 is 6.87. The molecule has 0 atom stereocenters. The molecule has 0 amide bonds. The maximum Gasteiger partial charge on any atom is 0.115 e. The van der Waals surface area contributed by atoms with Gasteiger partial charge in [-0.25, -0.2) is 0 Å². The lowest BCUT2D eigenvalue weighted by molar-refractivity contribution is 1.17. The van der Waals surface area contributed by atoms with Crippen LogP contribution in [-0.2, 0) is 0 Å². The molecule has 0 aliphatic carbocycles. The zero-order valence-corrected chi connectivity index (χ0v) is 29.1. The first-order valence-corrected chi connectivity index (χ1v) is 17.9. The molecule has 3 heterocycles. The van der Waals surface area contributed by atoms with Crippen LogP contribution in [0.25, 0.3) is 93.3 Å². The van der Waals surface area contributed by atoms with Crippen LogP contribution in [0.3, 0.4) is 0 Å². The topological polar surface area (TPSA) is 14.8 Å². The molecule has 0 bridgehead atoms. The molecule has 8 heteroatoms. The van der Waals surface area contributed by atoms with Crippen LogP contribution in [0.1, 0.15) is 0 Å². The molecule has 0 aliphatic rings. The third-order valence-corrected chi connectivity index (χ3v) is 11.3. The second kappa shape index (κ2) is 11.4. The standard InChI is InChI=1S/C46H24B5N3/c47-41-42(48)44(50)46(45(51)43(41)49)54-33-21-11-6-16-28(33)38-27-15-5-4-14-26(27)36(24-37(38)54)53-32-20-10-8-18-30(32)40-35(53)23-22-34-39(40)29-17-7-9-19-31(29)52(34)25-12-2-1-3-13-25/h1-24H. The molecule has 54 heavy (non-hydrogen) atoms. The third-order valence-electron chi connectivity index (χ3n) is 11.3. The number of nitrogens with zero attached hydrogens (tertiary/aromatic N) is 3. The van der Waals surface area contributed by atoms with E-state index in [-0.39, 0.29) is 27.3 Å². The van der Waals surface area contributed by atoms with Crippen LogP contribution in [-0.4, -0.2) is 52.9 Å². The quantitative estimate of drug-likeness (QED) is 0.202. The summed E-state index contributed by atoms with van der Waals surface area (Å²) in [4.78, 5) is 0. The van der Waals surface area contributed by atoms with Gasteiger partial charge in [-0.1, -0.05) is 108 Å². The number of para-hydroxylation sites is 4. The third kappa shape index (κ3) is 4.03. The zero-order chi connectivity index (χ0) is 36.4. The van der Waals surface area contributed by atoms with Crippen molar-refractivity contribution in [2.24, 2.45) is 0 Å². The van der Waals surface area contributed by atoms with Crippen molar-refractivity contribution in [3.05, 3.63) is 146 Å². The summed E-state index contributed by atoms with van der Waals surface area (Å²) in [6.07, 6.45) is 0. The molecule has 0 saturated carbocycles. The molecule has 0 saturated heterocycles. The number of benzene rings is 8. The van der Waals surface area contributed by atoms with E-state index in [1.807, 2.05) is 6.07 Å². The van der Waals surface area contributed by atoms with Crippen LogP contribution >= 0.6 is 0 Å². The first-order valence-electron chi connectivity index (χ1n) is 17.9. The molecule has 11 aromatic rings. The normalized spacial score (nSPS) is 12.1. The van der Waals surface area contributed by atoms with Gasteiger partial charge in [0.2, 0.25) is 0 Å². The van der Waals surface area contributed by atoms with Gasteiger partial charge in [-0.2, -0.15) is 0 Å². The Balaban J connectivity index is 1.34. The van der Waals surface area contributed by atoms with Crippen molar-refractivity contribution >= 4 is 143 Å². The summed E-state index contributed by atoms with van der Waals surface area (Å²) in [5.74, 6) is 0. The lowest BCUT2D eigenvalue weighted by Crippen LogP contribution is -2.56. The SMILES string of the molecule is [B]c1c([B])c([B])c(-n2c3ccccc3c3c4ccccc4c(-n4c5ccccc5c5c6c7ccccc7n(-c7ccccc7)c6ccc54)cc32)c([B])c1[B]. The smallest absolute Gasteiger partial charge is 0.115 e. The Labute approximate surface area is 317 Å². The maximum absolute atomic E-state index is 6.79. The van der Waals surface area contributed by atoms with Crippen molar-refractivity contribution in [1.82, 2.24) is 13.7 Å². The molecule has 0 spiro atoms. The predicted molar refractivity (Wildman–Crippen MR) is 234 cm³/mol. The van der Waals surface area contributed by atoms with Gasteiger partial charge >= 0.3 is 0 Å². The van der Waals surface area contributed by atoms with Gasteiger partial charge < -0.3 is 13.7 Å². The highest BCUT2D eigenvalue weighted by molar-refractivity contribution is 6.68. The Kier molecular flexibility index (Phi) is 6.59. The first kappa shape index (κ1) is 31.3. The van der Waals surface area contributed by atoms with E-state index >= 15 is 0 Å². The molecule has 0 aliphatic heterocycles. The van der Waals surface area contributed by atoms with Gasteiger partial charge in [0.05, 0.1) is 38.8 Å². The second-order valence-corrected chi connectivity index (χ2v) is 14.0. The second-order valence-electron chi connectivity index (χ2n) is 14.0. The monoisotopic (exact) mass is 673 g/mol. The highest BCUT2D eigenvalue weighted by Gasteiger charge is 2.24. The van der Waals surface area contributed by atoms with E-state index in [4.69, 9.17) is 39.2 Å². The fraction of sp³-hybridized carbons (Fsp3) is 0. The summed E-state index contributed by atoms with van der Waals surface area (Å²) >= 11 is 0. The van der Waals surface area contributed by atoms with Gasteiger partial charge in [0.25, 0.3) is 0 Å². The number of hydrogen-bond donors (Lipinski definition) is 0. The van der Waals surface area contributed by atoms with E-state index < -0.39 is 0 Å². The van der Waals surface area contributed by atoms with Gasteiger partial charge in [0, 0.05) is 49.1 Å². The fourth-order valence-electron chi connectivity index (χ4n) is 8.95. The summed E-state index contributed by atoms with van der Waals surface area (Å²) in [5, 5.41) is 9.13. The molecule has 0 N–H and O–H groups in total. The number of rotatable bonds is 3. The molecule has 8 aromatic carbocycles. The van der Waals surface area contributed by atoms with E-state index in [1.54, 1.807) is 0 Å². The van der Waals surface area contributed by atoms with E-state index in [0.717, 1.165) is 66.0 Å². The highest BCUT2D eigenvalue weighted by atomic mass is 15.0. The lowest BCUT2D eigenvalue weighted by Gasteiger charge is -2.23. The molecule has 10 radical (unpaired) electrons. The summed E-state index contributed by atoms with van der Waals surface area (Å²) in [7, 11) is 32.8. The van der Waals surface area contributed by atoms with Gasteiger partial charge in [-0.15, -0.1) is 16.4 Å². The van der Waals surface area contributed by atoms with Crippen LogP contribution in [0, 0.1) is 0 Å². The molecular formula is C46H24B5N3. The van der Waals surface area contributed by atoms with Crippen molar-refractivity contribution in [2.45, 2.75) is 0 Å². The van der Waals surface area contributed by atoms with Crippen LogP contribution in [0.15, 0.2) is 146 Å². The summed E-state index contributed by atoms with van der Waals surface area (Å²) in [6.45, 7) is 0. The molecule has 3 nitrogen and oxygen atoms in total. The largest absolute Gasteiger partial charge is 0.310 e. The fourth-order valence-corrected chi connectivity index (χ4v) is 8.95. The molecule has 238 valence electrons. The lowest BCUT2D eigenvalue weighted by atomic mass is 9.61. The molecular weight excluding hydrogens is 649 g/mol. The average molecular weight is 673 g/mol.